The van der Waals surface area contributed by atoms with Gasteiger partial charge in [0.05, 0.1) is 31.9 Å². The van der Waals surface area contributed by atoms with Gasteiger partial charge in [-0.05, 0) is 29.7 Å². The first-order chi connectivity index (χ1) is 16.6. The van der Waals surface area contributed by atoms with E-state index in [-0.39, 0.29) is 31.5 Å². The number of hydrogen-bond acceptors (Lipinski definition) is 5. The lowest BCUT2D eigenvalue weighted by Crippen LogP contribution is -2.52. The molecule has 1 aliphatic heterocycles. The minimum Gasteiger partial charge on any atom is -0.346 e. The standard InChI is InChI=1S/C25H30N4O5S/c1-4-13-26-23(30)16-27-24(31)17-29(35(3,33)34)20-12-14-28(25(32)15-20)18(2)21-11-7-9-19-8-5-6-10-22(19)21/h1,5-11,18,20H,12-17H2,2-3H3,(H,26,30)(H,27,31). The molecule has 1 aliphatic rings. The van der Waals surface area contributed by atoms with Crippen LogP contribution in [0.3, 0.4) is 0 Å². The summed E-state index contributed by atoms with van der Waals surface area (Å²) in [5.74, 6) is 0.959. The molecule has 0 aliphatic carbocycles. The van der Waals surface area contributed by atoms with Crippen molar-refractivity contribution < 1.29 is 22.8 Å². The maximum Gasteiger partial charge on any atom is 0.240 e. The number of piperidine rings is 1. The summed E-state index contributed by atoms with van der Waals surface area (Å²) in [6, 6.07) is 13.1. The van der Waals surface area contributed by atoms with Gasteiger partial charge in [-0.2, -0.15) is 4.31 Å². The second-order valence-electron chi connectivity index (χ2n) is 8.54. The Balaban J connectivity index is 1.67. The van der Waals surface area contributed by atoms with Crippen LogP contribution in [0.4, 0.5) is 0 Å². The number of likely N-dealkylation sites (tertiary alicyclic amines) is 1. The molecule has 10 heteroatoms. The maximum absolute atomic E-state index is 13.1. The fourth-order valence-electron chi connectivity index (χ4n) is 4.38. The van der Waals surface area contributed by atoms with Gasteiger partial charge in [-0.1, -0.05) is 48.4 Å². The summed E-state index contributed by atoms with van der Waals surface area (Å²) in [5, 5.41) is 6.95. The van der Waals surface area contributed by atoms with Crippen molar-refractivity contribution in [3.63, 3.8) is 0 Å². The molecule has 2 unspecified atom stereocenters. The van der Waals surface area contributed by atoms with Gasteiger partial charge in [0.25, 0.3) is 0 Å². The number of nitrogens with one attached hydrogen (secondary N) is 2. The van der Waals surface area contributed by atoms with E-state index in [2.05, 4.69) is 16.6 Å². The monoisotopic (exact) mass is 498 g/mol. The third-order valence-corrected chi connectivity index (χ3v) is 7.42. The van der Waals surface area contributed by atoms with Gasteiger partial charge in [0.2, 0.25) is 27.7 Å². The average molecular weight is 499 g/mol. The van der Waals surface area contributed by atoms with Crippen molar-refractivity contribution in [2.45, 2.75) is 31.8 Å². The quantitative estimate of drug-likeness (QED) is 0.501. The first-order valence-corrected chi connectivity index (χ1v) is 13.2. The van der Waals surface area contributed by atoms with Gasteiger partial charge in [0.1, 0.15) is 0 Å². The van der Waals surface area contributed by atoms with Crippen LogP contribution in [0.15, 0.2) is 42.5 Å². The number of hydrogen-bond donors (Lipinski definition) is 2. The van der Waals surface area contributed by atoms with E-state index in [1.165, 1.54) is 0 Å². The third-order valence-electron chi connectivity index (χ3n) is 6.14. The molecule has 1 saturated heterocycles. The van der Waals surface area contributed by atoms with E-state index in [4.69, 9.17) is 6.42 Å². The molecule has 3 amide bonds. The second-order valence-corrected chi connectivity index (χ2v) is 10.5. The molecule has 2 aromatic rings. The molecule has 9 nitrogen and oxygen atoms in total. The molecule has 0 saturated carbocycles. The highest BCUT2D eigenvalue weighted by Gasteiger charge is 2.37. The molecule has 2 atom stereocenters. The molecule has 2 aromatic carbocycles. The van der Waals surface area contributed by atoms with Crippen molar-refractivity contribution >= 4 is 38.5 Å². The predicted octanol–water partition coefficient (Wildman–Crippen LogP) is 1.02. The molecule has 1 heterocycles. The number of nitrogens with zero attached hydrogens (tertiary/aromatic N) is 2. The van der Waals surface area contributed by atoms with Gasteiger partial charge in [-0.25, -0.2) is 8.42 Å². The molecule has 0 radical (unpaired) electrons. The van der Waals surface area contributed by atoms with Crippen LogP contribution < -0.4 is 10.6 Å². The summed E-state index contributed by atoms with van der Waals surface area (Å²) in [5.41, 5.74) is 1.03. The third kappa shape index (κ3) is 6.59. The zero-order valence-electron chi connectivity index (χ0n) is 19.9. The predicted molar refractivity (Wildman–Crippen MR) is 134 cm³/mol. The first-order valence-electron chi connectivity index (χ1n) is 11.3. The zero-order valence-corrected chi connectivity index (χ0v) is 20.7. The molecule has 35 heavy (non-hydrogen) atoms. The van der Waals surface area contributed by atoms with Crippen LogP contribution in [0.5, 0.6) is 0 Å². The lowest BCUT2D eigenvalue weighted by Gasteiger charge is -2.39. The van der Waals surface area contributed by atoms with E-state index in [0.29, 0.717) is 13.0 Å². The fourth-order valence-corrected chi connectivity index (χ4v) is 5.45. The van der Waals surface area contributed by atoms with E-state index in [9.17, 15) is 22.8 Å². The van der Waals surface area contributed by atoms with Crippen LogP contribution in [-0.4, -0.2) is 73.8 Å². The number of carbonyl (C=O) groups is 3. The van der Waals surface area contributed by atoms with Gasteiger partial charge in [0.15, 0.2) is 0 Å². The van der Waals surface area contributed by atoms with Gasteiger partial charge in [0, 0.05) is 19.0 Å². The van der Waals surface area contributed by atoms with Crippen LogP contribution in [-0.2, 0) is 24.4 Å². The van der Waals surface area contributed by atoms with Crippen molar-refractivity contribution in [1.29, 1.82) is 0 Å². The second kappa shape index (κ2) is 11.3. The Labute approximate surface area is 205 Å². The summed E-state index contributed by atoms with van der Waals surface area (Å²) in [7, 11) is -3.78. The van der Waals surface area contributed by atoms with Gasteiger partial charge in [-0.15, -0.1) is 6.42 Å². The van der Waals surface area contributed by atoms with Gasteiger partial charge in [-0.3, -0.25) is 14.4 Å². The Morgan fingerprint density at radius 1 is 1.17 bits per heavy atom. The lowest BCUT2D eigenvalue weighted by atomic mass is 9.95. The van der Waals surface area contributed by atoms with E-state index in [1.807, 2.05) is 49.4 Å². The summed E-state index contributed by atoms with van der Waals surface area (Å²) in [6.07, 6.45) is 6.44. The number of carbonyl (C=O) groups excluding carboxylic acids is 3. The average Bonchev–Trinajstić information content (AvgIpc) is 2.83. The highest BCUT2D eigenvalue weighted by molar-refractivity contribution is 7.88. The van der Waals surface area contributed by atoms with Crippen molar-refractivity contribution in [2.24, 2.45) is 0 Å². The van der Waals surface area contributed by atoms with Crippen LogP contribution >= 0.6 is 0 Å². The van der Waals surface area contributed by atoms with E-state index in [0.717, 1.165) is 26.9 Å². The largest absolute Gasteiger partial charge is 0.346 e. The minimum atomic E-state index is -3.78. The molecule has 186 valence electrons. The number of terminal acetylenes is 1. The number of benzene rings is 2. The van der Waals surface area contributed by atoms with Crippen LogP contribution in [0.1, 0.15) is 31.4 Å². The molecule has 0 spiro atoms. The van der Waals surface area contributed by atoms with Crippen molar-refractivity contribution in [2.75, 3.05) is 32.4 Å². The minimum absolute atomic E-state index is 0.0297. The molecule has 1 fully saturated rings. The van der Waals surface area contributed by atoms with Crippen LogP contribution in [0, 0.1) is 12.3 Å². The summed E-state index contributed by atoms with van der Waals surface area (Å²) in [6.45, 7) is 1.56. The Morgan fingerprint density at radius 2 is 1.89 bits per heavy atom. The van der Waals surface area contributed by atoms with Gasteiger partial charge >= 0.3 is 0 Å². The Hall–Kier alpha value is -3.42. The summed E-state index contributed by atoms with van der Waals surface area (Å²) < 4.78 is 26.0. The summed E-state index contributed by atoms with van der Waals surface area (Å²) >= 11 is 0. The van der Waals surface area contributed by atoms with E-state index >= 15 is 0 Å². The number of amides is 3. The highest BCUT2D eigenvalue weighted by Crippen LogP contribution is 2.31. The van der Waals surface area contributed by atoms with E-state index in [1.54, 1.807) is 4.90 Å². The SMILES string of the molecule is C#CCNC(=O)CNC(=O)CN(C1CCN(C(C)c2cccc3ccccc23)C(=O)C1)S(C)(=O)=O. The molecular formula is C25H30N4O5S. The van der Waals surface area contributed by atoms with Gasteiger partial charge < -0.3 is 15.5 Å². The molecule has 2 N–H and O–H groups in total. The maximum atomic E-state index is 13.1. The number of sulfonamides is 1. The highest BCUT2D eigenvalue weighted by atomic mass is 32.2. The smallest absolute Gasteiger partial charge is 0.240 e. The van der Waals surface area contributed by atoms with Crippen LogP contribution in [0.2, 0.25) is 0 Å². The Kier molecular flexibility index (Phi) is 8.48. The molecule has 3 rings (SSSR count). The van der Waals surface area contributed by atoms with Crippen molar-refractivity contribution in [1.82, 2.24) is 19.8 Å². The van der Waals surface area contributed by atoms with Crippen LogP contribution in [0.25, 0.3) is 10.8 Å². The Morgan fingerprint density at radius 3 is 2.57 bits per heavy atom. The van der Waals surface area contributed by atoms with Crippen molar-refractivity contribution in [3.05, 3.63) is 48.0 Å². The number of rotatable bonds is 9. The molecular weight excluding hydrogens is 468 g/mol. The van der Waals surface area contributed by atoms with Crippen molar-refractivity contribution in [3.8, 4) is 12.3 Å². The normalized spacial score (nSPS) is 17.1. The molecule has 0 aromatic heterocycles. The first kappa shape index (κ1) is 26.2. The summed E-state index contributed by atoms with van der Waals surface area (Å²) in [4.78, 5) is 38.9. The topological polar surface area (TPSA) is 116 Å². The molecule has 0 bridgehead atoms. The number of fused-ring (bicyclic) bond motifs is 1. The zero-order chi connectivity index (χ0) is 25.6. The lowest BCUT2D eigenvalue weighted by molar-refractivity contribution is -0.138. The fraction of sp³-hybridized carbons (Fsp3) is 0.400. The Bertz CT molecular complexity index is 1250. The van der Waals surface area contributed by atoms with E-state index < -0.39 is 34.4 Å².